The third kappa shape index (κ3) is 2.81. The Morgan fingerprint density at radius 3 is 2.48 bits per heavy atom. The van der Waals surface area contributed by atoms with Crippen molar-refractivity contribution in [3.63, 3.8) is 0 Å². The minimum Gasteiger partial charge on any atom is -0.378 e. The van der Waals surface area contributed by atoms with Gasteiger partial charge in [0.05, 0.1) is 5.41 Å². The van der Waals surface area contributed by atoms with Crippen LogP contribution in [0.5, 0.6) is 0 Å². The second-order valence-corrected chi connectivity index (χ2v) is 6.31. The average Bonchev–Trinajstić information content (AvgIpc) is 2.48. The molecule has 0 aliphatic heterocycles. The number of rotatable bonds is 4. The van der Waals surface area contributed by atoms with Crippen LogP contribution in [0.2, 0.25) is 0 Å². The fourth-order valence-corrected chi connectivity index (χ4v) is 3.11. The molecule has 0 unspecified atom stereocenters. The number of carbonyl (C=O) groups is 1. The molecule has 1 fully saturated rings. The Bertz CT molecular complexity index is 723. The molecule has 2 aromatic carbocycles. The van der Waals surface area contributed by atoms with Gasteiger partial charge < -0.3 is 10.2 Å². The molecule has 0 atom stereocenters. The van der Waals surface area contributed by atoms with Crippen LogP contribution in [0.1, 0.15) is 24.8 Å². The van der Waals surface area contributed by atoms with E-state index in [1.807, 2.05) is 43.3 Å². The molecule has 0 spiro atoms. The maximum absolute atomic E-state index is 14.2. The standard InChI is InChI=1S/C19H21FN2O/c1-22(2)15-8-5-7-14(13-15)21-18(23)19(11-6-12-19)16-9-3-4-10-17(16)20/h3-5,7-10,13H,6,11-12H2,1-2H3,(H,21,23). The average molecular weight is 312 g/mol. The number of anilines is 2. The lowest BCUT2D eigenvalue weighted by Crippen LogP contribution is -2.46. The Kier molecular flexibility index (Phi) is 4.07. The van der Waals surface area contributed by atoms with Gasteiger partial charge in [-0.05, 0) is 37.1 Å². The van der Waals surface area contributed by atoms with Crippen LogP contribution in [0.3, 0.4) is 0 Å². The molecule has 4 heteroatoms. The molecule has 3 nitrogen and oxygen atoms in total. The molecule has 3 rings (SSSR count). The van der Waals surface area contributed by atoms with Gasteiger partial charge in [-0.25, -0.2) is 4.39 Å². The van der Waals surface area contributed by atoms with Crippen molar-refractivity contribution in [3.8, 4) is 0 Å². The van der Waals surface area contributed by atoms with Gasteiger partial charge in [0, 0.05) is 31.0 Å². The topological polar surface area (TPSA) is 32.3 Å². The van der Waals surface area contributed by atoms with Crippen molar-refractivity contribution >= 4 is 17.3 Å². The zero-order chi connectivity index (χ0) is 16.4. The molecule has 23 heavy (non-hydrogen) atoms. The maximum atomic E-state index is 14.2. The van der Waals surface area contributed by atoms with Crippen LogP contribution in [0.4, 0.5) is 15.8 Å². The fraction of sp³-hybridized carbons (Fsp3) is 0.316. The lowest BCUT2D eigenvalue weighted by molar-refractivity contribution is -0.124. The first-order valence-electron chi connectivity index (χ1n) is 7.87. The molecule has 0 bridgehead atoms. The summed E-state index contributed by atoms with van der Waals surface area (Å²) >= 11 is 0. The summed E-state index contributed by atoms with van der Waals surface area (Å²) in [4.78, 5) is 14.8. The molecule has 0 heterocycles. The molecule has 1 aliphatic carbocycles. The second-order valence-electron chi connectivity index (χ2n) is 6.31. The highest BCUT2D eigenvalue weighted by atomic mass is 19.1. The molecule has 1 amide bonds. The van der Waals surface area contributed by atoms with Crippen molar-refractivity contribution < 1.29 is 9.18 Å². The minimum absolute atomic E-state index is 0.121. The van der Waals surface area contributed by atoms with Gasteiger partial charge in [-0.15, -0.1) is 0 Å². The first kappa shape index (κ1) is 15.5. The van der Waals surface area contributed by atoms with E-state index in [-0.39, 0.29) is 11.7 Å². The third-order valence-electron chi connectivity index (χ3n) is 4.65. The van der Waals surface area contributed by atoms with Crippen LogP contribution in [-0.4, -0.2) is 20.0 Å². The lowest BCUT2D eigenvalue weighted by Gasteiger charge is -2.40. The Labute approximate surface area is 136 Å². The van der Waals surface area contributed by atoms with E-state index in [9.17, 15) is 9.18 Å². The lowest BCUT2D eigenvalue weighted by atomic mass is 9.63. The quantitative estimate of drug-likeness (QED) is 0.927. The van der Waals surface area contributed by atoms with Gasteiger partial charge in [-0.2, -0.15) is 0 Å². The maximum Gasteiger partial charge on any atom is 0.235 e. The van der Waals surface area contributed by atoms with Gasteiger partial charge in [0.1, 0.15) is 5.82 Å². The summed E-state index contributed by atoms with van der Waals surface area (Å²) in [6, 6.07) is 14.3. The molecular weight excluding hydrogens is 291 g/mol. The predicted octanol–water partition coefficient (Wildman–Crippen LogP) is 3.95. The highest BCUT2D eigenvalue weighted by molar-refractivity contribution is 6.00. The largest absolute Gasteiger partial charge is 0.378 e. The zero-order valence-electron chi connectivity index (χ0n) is 13.5. The summed E-state index contributed by atoms with van der Waals surface area (Å²) in [7, 11) is 3.90. The van der Waals surface area contributed by atoms with Crippen LogP contribution in [-0.2, 0) is 10.2 Å². The number of hydrogen-bond donors (Lipinski definition) is 1. The number of nitrogens with zero attached hydrogens (tertiary/aromatic N) is 1. The van der Waals surface area contributed by atoms with Crippen LogP contribution < -0.4 is 10.2 Å². The normalized spacial score (nSPS) is 15.6. The first-order chi connectivity index (χ1) is 11.0. The van der Waals surface area contributed by atoms with Crippen LogP contribution in [0, 0.1) is 5.82 Å². The van der Waals surface area contributed by atoms with Crippen LogP contribution >= 0.6 is 0 Å². The van der Waals surface area contributed by atoms with E-state index in [0.717, 1.165) is 17.8 Å². The summed E-state index contributed by atoms with van der Waals surface area (Å²) < 4.78 is 14.2. The van der Waals surface area contributed by atoms with E-state index in [1.165, 1.54) is 6.07 Å². The third-order valence-corrected chi connectivity index (χ3v) is 4.65. The molecular formula is C19H21FN2O. The molecule has 1 N–H and O–H groups in total. The highest BCUT2D eigenvalue weighted by Gasteiger charge is 2.47. The number of amides is 1. The Morgan fingerprint density at radius 1 is 1.13 bits per heavy atom. The molecule has 1 saturated carbocycles. The Hall–Kier alpha value is -2.36. The number of nitrogens with one attached hydrogen (secondary N) is 1. The summed E-state index contributed by atoms with van der Waals surface area (Å²) in [6.45, 7) is 0. The van der Waals surface area contributed by atoms with Crippen molar-refractivity contribution in [1.29, 1.82) is 0 Å². The van der Waals surface area contributed by atoms with Gasteiger partial charge in [0.25, 0.3) is 0 Å². The second kappa shape index (κ2) is 6.03. The Balaban J connectivity index is 1.87. The predicted molar refractivity (Wildman–Crippen MR) is 91.3 cm³/mol. The Morgan fingerprint density at radius 2 is 1.87 bits per heavy atom. The van der Waals surface area contributed by atoms with Crippen LogP contribution in [0.25, 0.3) is 0 Å². The van der Waals surface area contributed by atoms with Crippen molar-refractivity contribution in [3.05, 3.63) is 59.9 Å². The van der Waals surface area contributed by atoms with Crippen molar-refractivity contribution in [2.75, 3.05) is 24.3 Å². The smallest absolute Gasteiger partial charge is 0.235 e. The monoisotopic (exact) mass is 312 g/mol. The van der Waals surface area contributed by atoms with Crippen molar-refractivity contribution in [1.82, 2.24) is 0 Å². The van der Waals surface area contributed by atoms with E-state index in [4.69, 9.17) is 0 Å². The van der Waals surface area contributed by atoms with E-state index in [1.54, 1.807) is 18.2 Å². The van der Waals surface area contributed by atoms with Crippen molar-refractivity contribution in [2.45, 2.75) is 24.7 Å². The van der Waals surface area contributed by atoms with Gasteiger partial charge in [0.15, 0.2) is 0 Å². The number of halogens is 1. The first-order valence-corrected chi connectivity index (χ1v) is 7.87. The minimum atomic E-state index is -0.737. The van der Waals surface area contributed by atoms with Gasteiger partial charge >= 0.3 is 0 Å². The summed E-state index contributed by atoms with van der Waals surface area (Å²) in [5, 5.41) is 2.97. The molecule has 0 radical (unpaired) electrons. The molecule has 0 aromatic heterocycles. The summed E-state index contributed by atoms with van der Waals surface area (Å²) in [6.07, 6.45) is 2.32. The SMILES string of the molecule is CN(C)c1cccc(NC(=O)C2(c3ccccc3F)CCC2)c1. The molecule has 1 aliphatic rings. The van der Waals surface area contributed by atoms with E-state index in [2.05, 4.69) is 5.32 Å². The number of hydrogen-bond acceptors (Lipinski definition) is 2. The van der Waals surface area contributed by atoms with E-state index < -0.39 is 5.41 Å². The van der Waals surface area contributed by atoms with E-state index in [0.29, 0.717) is 18.4 Å². The van der Waals surface area contributed by atoms with Crippen molar-refractivity contribution in [2.24, 2.45) is 0 Å². The van der Waals surface area contributed by atoms with E-state index >= 15 is 0 Å². The van der Waals surface area contributed by atoms with Gasteiger partial charge in [-0.3, -0.25) is 4.79 Å². The summed E-state index contributed by atoms with van der Waals surface area (Å²) in [5.74, 6) is -0.422. The molecule has 120 valence electrons. The number of benzene rings is 2. The number of carbonyl (C=O) groups excluding carboxylic acids is 1. The van der Waals surface area contributed by atoms with Crippen LogP contribution in [0.15, 0.2) is 48.5 Å². The zero-order valence-corrected chi connectivity index (χ0v) is 13.5. The van der Waals surface area contributed by atoms with Gasteiger partial charge in [-0.1, -0.05) is 30.7 Å². The summed E-state index contributed by atoms with van der Waals surface area (Å²) in [5.41, 5.74) is 1.52. The molecule has 2 aromatic rings. The highest BCUT2D eigenvalue weighted by Crippen LogP contribution is 2.45. The van der Waals surface area contributed by atoms with Gasteiger partial charge in [0.2, 0.25) is 5.91 Å². The fourth-order valence-electron chi connectivity index (χ4n) is 3.11. The molecule has 0 saturated heterocycles.